The zero-order valence-corrected chi connectivity index (χ0v) is 8.40. The Hall–Kier alpha value is -2.17. The summed E-state index contributed by atoms with van der Waals surface area (Å²) in [5.41, 5.74) is 0.928. The van der Waals surface area contributed by atoms with Crippen molar-refractivity contribution in [3.05, 3.63) is 35.9 Å². The lowest BCUT2D eigenvalue weighted by Gasteiger charge is -2.21. The second-order valence-electron chi connectivity index (χ2n) is 3.53. The average Bonchev–Trinajstić information content (AvgIpc) is 2.27. The van der Waals surface area contributed by atoms with Gasteiger partial charge in [0.1, 0.15) is 6.04 Å². The Balaban J connectivity index is 2.08. The van der Waals surface area contributed by atoms with Crippen molar-refractivity contribution in [3.63, 3.8) is 0 Å². The average molecular weight is 218 g/mol. The van der Waals surface area contributed by atoms with Crippen LogP contribution in [0.25, 0.3) is 0 Å². The summed E-state index contributed by atoms with van der Waals surface area (Å²) in [5, 5.41) is 4.37. The molecule has 1 heterocycles. The van der Waals surface area contributed by atoms with Gasteiger partial charge in [-0.2, -0.15) is 0 Å². The standard InChI is InChI=1S/C11H10N2O3/c14-9-8(12-10(15)11(16)13-9)6-7-4-2-1-3-5-7/h1-5,8H,6H2,(H,12,15)(H,13,14,16)/t8-/m0/s1. The van der Waals surface area contributed by atoms with Crippen molar-refractivity contribution in [1.82, 2.24) is 10.6 Å². The first-order valence-electron chi connectivity index (χ1n) is 4.86. The number of carbonyl (C=O) groups excluding carboxylic acids is 3. The third-order valence-corrected chi connectivity index (χ3v) is 2.35. The number of nitrogens with one attached hydrogen (secondary N) is 2. The normalized spacial score (nSPS) is 20.2. The van der Waals surface area contributed by atoms with E-state index in [-0.39, 0.29) is 0 Å². The van der Waals surface area contributed by atoms with E-state index in [0.717, 1.165) is 5.56 Å². The Morgan fingerprint density at radius 3 is 2.38 bits per heavy atom. The van der Waals surface area contributed by atoms with E-state index >= 15 is 0 Å². The molecule has 1 atom stereocenters. The third kappa shape index (κ3) is 2.08. The molecule has 1 aromatic carbocycles. The molecule has 0 radical (unpaired) electrons. The quantitative estimate of drug-likeness (QED) is 0.512. The highest BCUT2D eigenvalue weighted by Gasteiger charge is 2.31. The summed E-state index contributed by atoms with van der Waals surface area (Å²) in [6.45, 7) is 0. The van der Waals surface area contributed by atoms with Crippen molar-refractivity contribution < 1.29 is 14.4 Å². The number of imide groups is 1. The highest BCUT2D eigenvalue weighted by atomic mass is 16.2. The molecule has 3 amide bonds. The number of amides is 3. The summed E-state index contributed by atoms with van der Waals surface area (Å²) in [4.78, 5) is 33.3. The van der Waals surface area contributed by atoms with Crippen LogP contribution in [0.5, 0.6) is 0 Å². The van der Waals surface area contributed by atoms with Gasteiger partial charge in [-0.3, -0.25) is 19.7 Å². The Morgan fingerprint density at radius 1 is 1.00 bits per heavy atom. The number of carbonyl (C=O) groups is 3. The van der Waals surface area contributed by atoms with Crippen molar-refractivity contribution in [2.45, 2.75) is 12.5 Å². The fourth-order valence-electron chi connectivity index (χ4n) is 1.54. The van der Waals surface area contributed by atoms with Crippen LogP contribution < -0.4 is 10.6 Å². The van der Waals surface area contributed by atoms with Crippen LogP contribution in [0.1, 0.15) is 5.56 Å². The maximum Gasteiger partial charge on any atom is 0.315 e. The number of hydrogen-bond donors (Lipinski definition) is 2. The van der Waals surface area contributed by atoms with Crippen LogP contribution in [0, 0.1) is 0 Å². The molecule has 1 saturated heterocycles. The van der Waals surface area contributed by atoms with E-state index in [0.29, 0.717) is 6.42 Å². The van der Waals surface area contributed by atoms with Crippen molar-refractivity contribution >= 4 is 17.7 Å². The molecule has 1 aliphatic rings. The lowest BCUT2D eigenvalue weighted by atomic mass is 10.0. The molecule has 82 valence electrons. The van der Waals surface area contributed by atoms with Gasteiger partial charge in [-0.1, -0.05) is 30.3 Å². The second-order valence-corrected chi connectivity index (χ2v) is 3.53. The molecule has 2 rings (SSSR count). The van der Waals surface area contributed by atoms with Crippen LogP contribution >= 0.6 is 0 Å². The molecule has 0 bridgehead atoms. The smallest absolute Gasteiger partial charge is 0.315 e. The van der Waals surface area contributed by atoms with Crippen LogP contribution in [0.4, 0.5) is 0 Å². The molecule has 1 aliphatic heterocycles. The van der Waals surface area contributed by atoms with Crippen LogP contribution in [-0.2, 0) is 20.8 Å². The van der Waals surface area contributed by atoms with Crippen LogP contribution in [0.15, 0.2) is 30.3 Å². The lowest BCUT2D eigenvalue weighted by Crippen LogP contribution is -2.60. The molecule has 0 saturated carbocycles. The summed E-state index contributed by atoms with van der Waals surface area (Å²) < 4.78 is 0. The van der Waals surface area contributed by atoms with Crippen LogP contribution in [-0.4, -0.2) is 23.8 Å². The molecular weight excluding hydrogens is 208 g/mol. The molecule has 5 heteroatoms. The summed E-state index contributed by atoms with van der Waals surface area (Å²) in [5.74, 6) is -2.12. The molecule has 2 N–H and O–H groups in total. The molecule has 5 nitrogen and oxygen atoms in total. The molecule has 0 aliphatic carbocycles. The largest absolute Gasteiger partial charge is 0.336 e. The molecule has 16 heavy (non-hydrogen) atoms. The van der Waals surface area contributed by atoms with Gasteiger partial charge in [0, 0.05) is 6.42 Å². The third-order valence-electron chi connectivity index (χ3n) is 2.35. The van der Waals surface area contributed by atoms with E-state index in [1.165, 1.54) is 0 Å². The SMILES string of the molecule is O=C1NC(=O)[C@H](Cc2ccccc2)NC1=O. The van der Waals surface area contributed by atoms with E-state index in [2.05, 4.69) is 5.32 Å². The summed E-state index contributed by atoms with van der Waals surface area (Å²) in [6, 6.07) is 8.61. The summed E-state index contributed by atoms with van der Waals surface area (Å²) >= 11 is 0. The van der Waals surface area contributed by atoms with Gasteiger partial charge < -0.3 is 5.32 Å². The number of piperazine rings is 1. The van der Waals surface area contributed by atoms with Gasteiger partial charge in [-0.15, -0.1) is 0 Å². The van der Waals surface area contributed by atoms with E-state index in [1.807, 2.05) is 35.6 Å². The summed E-state index contributed by atoms with van der Waals surface area (Å²) in [6.07, 6.45) is 0.381. The van der Waals surface area contributed by atoms with Crippen molar-refractivity contribution in [1.29, 1.82) is 0 Å². The predicted octanol–water partition coefficient (Wildman–Crippen LogP) is -0.630. The topological polar surface area (TPSA) is 75.3 Å². The van der Waals surface area contributed by atoms with E-state index in [1.54, 1.807) is 0 Å². The first-order valence-corrected chi connectivity index (χ1v) is 4.86. The van der Waals surface area contributed by atoms with Crippen molar-refractivity contribution in [3.8, 4) is 0 Å². The lowest BCUT2D eigenvalue weighted by molar-refractivity contribution is -0.147. The predicted molar refractivity (Wildman–Crippen MR) is 55.2 cm³/mol. The minimum Gasteiger partial charge on any atom is -0.336 e. The van der Waals surface area contributed by atoms with Gasteiger partial charge in [0.15, 0.2) is 0 Å². The van der Waals surface area contributed by atoms with Gasteiger partial charge in [0.25, 0.3) is 0 Å². The Labute approximate surface area is 91.8 Å². The maximum atomic E-state index is 11.4. The van der Waals surface area contributed by atoms with E-state index in [9.17, 15) is 14.4 Å². The summed E-state index contributed by atoms with van der Waals surface area (Å²) in [7, 11) is 0. The minimum absolute atomic E-state index is 0.381. The highest BCUT2D eigenvalue weighted by molar-refractivity contribution is 6.40. The number of rotatable bonds is 2. The van der Waals surface area contributed by atoms with Crippen molar-refractivity contribution in [2.24, 2.45) is 0 Å². The second kappa shape index (κ2) is 4.14. The Morgan fingerprint density at radius 2 is 1.69 bits per heavy atom. The fraction of sp³-hybridized carbons (Fsp3) is 0.182. The monoisotopic (exact) mass is 218 g/mol. The molecular formula is C11H10N2O3. The van der Waals surface area contributed by atoms with Crippen LogP contribution in [0.2, 0.25) is 0 Å². The van der Waals surface area contributed by atoms with E-state index < -0.39 is 23.8 Å². The molecule has 0 unspecified atom stereocenters. The fourth-order valence-corrected chi connectivity index (χ4v) is 1.54. The van der Waals surface area contributed by atoms with Gasteiger partial charge in [-0.25, -0.2) is 0 Å². The van der Waals surface area contributed by atoms with Crippen LogP contribution in [0.3, 0.4) is 0 Å². The number of hydrogen-bond acceptors (Lipinski definition) is 3. The molecule has 1 aromatic rings. The van der Waals surface area contributed by atoms with Crippen molar-refractivity contribution in [2.75, 3.05) is 0 Å². The molecule has 1 fully saturated rings. The van der Waals surface area contributed by atoms with E-state index in [4.69, 9.17) is 0 Å². The molecule has 0 aromatic heterocycles. The zero-order chi connectivity index (χ0) is 11.5. The maximum absolute atomic E-state index is 11.4. The van der Waals surface area contributed by atoms with Gasteiger partial charge in [0.05, 0.1) is 0 Å². The van der Waals surface area contributed by atoms with Gasteiger partial charge in [0.2, 0.25) is 5.91 Å². The first kappa shape index (κ1) is 10.4. The number of benzene rings is 1. The van der Waals surface area contributed by atoms with Gasteiger partial charge in [-0.05, 0) is 5.56 Å². The first-order chi connectivity index (χ1) is 7.66. The Kier molecular flexibility index (Phi) is 2.68. The van der Waals surface area contributed by atoms with Gasteiger partial charge >= 0.3 is 11.8 Å². The molecule has 0 spiro atoms. The zero-order valence-electron chi connectivity index (χ0n) is 8.40. The Bertz CT molecular complexity index is 442. The minimum atomic E-state index is -0.894. The highest BCUT2D eigenvalue weighted by Crippen LogP contribution is 2.05.